The van der Waals surface area contributed by atoms with Gasteiger partial charge in [0.05, 0.1) is 19.0 Å². The van der Waals surface area contributed by atoms with Crippen molar-refractivity contribution in [1.82, 2.24) is 10.2 Å². The molecule has 0 saturated heterocycles. The Hall–Kier alpha value is -1.81. The molecule has 3 N–H and O–H groups in total. The summed E-state index contributed by atoms with van der Waals surface area (Å²) >= 11 is 0. The molecule has 0 radical (unpaired) electrons. The van der Waals surface area contributed by atoms with E-state index in [1.807, 2.05) is 6.07 Å². The van der Waals surface area contributed by atoms with Gasteiger partial charge in [0, 0.05) is 13.1 Å². The molecule has 0 fully saturated rings. The highest BCUT2D eigenvalue weighted by Crippen LogP contribution is 1.92. The monoisotopic (exact) mass is 229 g/mol. The molecule has 0 aromatic heterocycles. The number of carbonyl (C=O) groups is 2. The number of carbonyl (C=O) groups excluding carboxylic acids is 1. The van der Waals surface area contributed by atoms with Gasteiger partial charge in [-0.2, -0.15) is 5.26 Å². The van der Waals surface area contributed by atoms with Crippen LogP contribution in [0.3, 0.4) is 0 Å². The van der Waals surface area contributed by atoms with Crippen LogP contribution >= 0.6 is 0 Å². The third-order valence-electron chi connectivity index (χ3n) is 1.89. The number of amides is 2. The number of aliphatic hydroxyl groups is 1. The molecule has 1 atom stereocenters. The Bertz CT molecular complexity index is 287. The summed E-state index contributed by atoms with van der Waals surface area (Å²) in [6.45, 7) is 2.08. The van der Waals surface area contributed by atoms with Crippen LogP contribution in [0.4, 0.5) is 4.79 Å². The normalized spacial score (nSPS) is 11.3. The first-order valence-electron chi connectivity index (χ1n) is 4.83. The molecule has 0 aliphatic heterocycles. The Morgan fingerprint density at radius 1 is 1.56 bits per heavy atom. The third kappa shape index (κ3) is 5.17. The molecule has 0 unspecified atom stereocenters. The molecule has 0 aromatic carbocycles. The number of carboxylic acid groups (broad SMARTS) is 1. The average Bonchev–Trinajstić information content (AvgIpc) is 2.26. The fourth-order valence-electron chi connectivity index (χ4n) is 0.971. The van der Waals surface area contributed by atoms with Crippen molar-refractivity contribution in [3.63, 3.8) is 0 Å². The van der Waals surface area contributed by atoms with E-state index in [1.165, 1.54) is 4.90 Å². The highest BCUT2D eigenvalue weighted by atomic mass is 16.4. The molecule has 0 aliphatic carbocycles. The first-order chi connectivity index (χ1) is 7.52. The molecule has 0 aliphatic rings. The number of aliphatic hydroxyl groups excluding tert-OH is 1. The van der Waals surface area contributed by atoms with Crippen molar-refractivity contribution in [3.8, 4) is 6.07 Å². The maximum Gasteiger partial charge on any atom is 0.334 e. The number of hydrogen-bond donors (Lipinski definition) is 3. The van der Waals surface area contributed by atoms with Gasteiger partial charge in [0.1, 0.15) is 0 Å². The molecule has 2 amide bonds. The molecule has 16 heavy (non-hydrogen) atoms. The molecule has 0 spiro atoms. The second-order valence-corrected chi connectivity index (χ2v) is 3.03. The van der Waals surface area contributed by atoms with Gasteiger partial charge < -0.3 is 20.4 Å². The summed E-state index contributed by atoms with van der Waals surface area (Å²) < 4.78 is 0. The van der Waals surface area contributed by atoms with E-state index in [-0.39, 0.29) is 19.5 Å². The van der Waals surface area contributed by atoms with Gasteiger partial charge in [-0.3, -0.25) is 0 Å². The lowest BCUT2D eigenvalue weighted by molar-refractivity contribution is -0.146. The summed E-state index contributed by atoms with van der Waals surface area (Å²) in [6.07, 6.45) is -1.40. The molecule has 0 aromatic rings. The summed E-state index contributed by atoms with van der Waals surface area (Å²) in [6, 6.07) is 1.42. The van der Waals surface area contributed by atoms with Gasteiger partial charge in [0.25, 0.3) is 0 Å². The molecule has 90 valence electrons. The summed E-state index contributed by atoms with van der Waals surface area (Å²) in [5.74, 6) is -1.39. The Balaban J connectivity index is 4.02. The molecular formula is C9H15N3O4. The van der Waals surface area contributed by atoms with Gasteiger partial charge in [0.15, 0.2) is 6.10 Å². The van der Waals surface area contributed by atoms with E-state index >= 15 is 0 Å². The van der Waals surface area contributed by atoms with Gasteiger partial charge in [0.2, 0.25) is 0 Å². The Morgan fingerprint density at radius 2 is 2.19 bits per heavy atom. The lowest BCUT2D eigenvalue weighted by Crippen LogP contribution is -2.44. The summed E-state index contributed by atoms with van der Waals surface area (Å²) in [5, 5.41) is 27.9. The van der Waals surface area contributed by atoms with E-state index in [0.717, 1.165) is 0 Å². The van der Waals surface area contributed by atoms with Crippen molar-refractivity contribution < 1.29 is 19.8 Å². The number of hydrogen-bond acceptors (Lipinski definition) is 4. The lowest BCUT2D eigenvalue weighted by Gasteiger charge is -2.20. The van der Waals surface area contributed by atoms with Gasteiger partial charge in [-0.25, -0.2) is 9.59 Å². The van der Waals surface area contributed by atoms with E-state index in [0.29, 0.717) is 6.54 Å². The molecule has 7 heteroatoms. The number of nitrogens with zero attached hydrogens (tertiary/aromatic N) is 2. The molecule has 0 bridgehead atoms. The average molecular weight is 229 g/mol. The molecule has 0 rings (SSSR count). The highest BCUT2D eigenvalue weighted by molar-refractivity contribution is 5.76. The van der Waals surface area contributed by atoms with Crippen LogP contribution in [0, 0.1) is 11.3 Å². The number of rotatable bonds is 6. The van der Waals surface area contributed by atoms with Crippen LogP contribution in [0.1, 0.15) is 13.3 Å². The maximum atomic E-state index is 11.4. The minimum atomic E-state index is -1.61. The molecule has 7 nitrogen and oxygen atoms in total. The fourth-order valence-corrected chi connectivity index (χ4v) is 0.971. The topological polar surface area (TPSA) is 114 Å². The number of nitrogens with one attached hydrogen (secondary N) is 1. The second-order valence-electron chi connectivity index (χ2n) is 3.03. The van der Waals surface area contributed by atoms with Crippen molar-refractivity contribution >= 4 is 12.0 Å². The van der Waals surface area contributed by atoms with E-state index < -0.39 is 18.1 Å². The Kier molecular flexibility index (Phi) is 6.63. The van der Waals surface area contributed by atoms with Crippen LogP contribution < -0.4 is 5.32 Å². The zero-order valence-corrected chi connectivity index (χ0v) is 9.01. The zero-order valence-electron chi connectivity index (χ0n) is 9.01. The number of aliphatic carboxylic acids is 1. The third-order valence-corrected chi connectivity index (χ3v) is 1.89. The standard InChI is InChI=1S/C9H15N3O4/c1-2-12(5-3-4-10)9(16)11-6-7(13)8(14)15/h7,13H,2-3,5-6H2,1H3,(H,11,16)(H,14,15)/t7-/m0/s1. The van der Waals surface area contributed by atoms with Gasteiger partial charge >= 0.3 is 12.0 Å². The largest absolute Gasteiger partial charge is 0.479 e. The van der Waals surface area contributed by atoms with Crippen LogP contribution in [-0.4, -0.2) is 52.9 Å². The minimum absolute atomic E-state index is 0.211. The van der Waals surface area contributed by atoms with Gasteiger partial charge in [-0.15, -0.1) is 0 Å². The van der Waals surface area contributed by atoms with E-state index in [2.05, 4.69) is 5.32 Å². The zero-order chi connectivity index (χ0) is 12.6. The van der Waals surface area contributed by atoms with Crippen LogP contribution in [0.2, 0.25) is 0 Å². The van der Waals surface area contributed by atoms with Crippen molar-refractivity contribution in [2.24, 2.45) is 0 Å². The number of nitriles is 1. The molecule has 0 heterocycles. The predicted octanol–water partition coefficient (Wildman–Crippen LogP) is -0.623. The van der Waals surface area contributed by atoms with Crippen molar-refractivity contribution in [3.05, 3.63) is 0 Å². The number of carboxylic acids is 1. The summed E-state index contributed by atoms with van der Waals surface area (Å²) in [7, 11) is 0. The Morgan fingerprint density at radius 3 is 2.62 bits per heavy atom. The van der Waals surface area contributed by atoms with Gasteiger partial charge in [-0.1, -0.05) is 0 Å². The first kappa shape index (κ1) is 14.2. The van der Waals surface area contributed by atoms with Crippen molar-refractivity contribution in [2.45, 2.75) is 19.4 Å². The lowest BCUT2D eigenvalue weighted by atomic mass is 10.3. The Labute approximate surface area is 93.3 Å². The van der Waals surface area contributed by atoms with E-state index in [1.54, 1.807) is 6.92 Å². The van der Waals surface area contributed by atoms with E-state index in [4.69, 9.17) is 15.5 Å². The maximum absolute atomic E-state index is 11.4. The van der Waals surface area contributed by atoms with Crippen LogP contribution in [0.25, 0.3) is 0 Å². The van der Waals surface area contributed by atoms with Crippen molar-refractivity contribution in [2.75, 3.05) is 19.6 Å². The first-order valence-corrected chi connectivity index (χ1v) is 4.83. The molecular weight excluding hydrogens is 214 g/mol. The summed E-state index contributed by atoms with van der Waals surface area (Å²) in [5.41, 5.74) is 0. The van der Waals surface area contributed by atoms with E-state index in [9.17, 15) is 9.59 Å². The predicted molar refractivity (Wildman–Crippen MR) is 54.5 cm³/mol. The smallest absolute Gasteiger partial charge is 0.334 e. The number of urea groups is 1. The quantitative estimate of drug-likeness (QED) is 0.561. The van der Waals surface area contributed by atoms with Gasteiger partial charge in [-0.05, 0) is 6.92 Å². The second kappa shape index (κ2) is 7.48. The van der Waals surface area contributed by atoms with Crippen LogP contribution in [0.5, 0.6) is 0 Å². The summed E-state index contributed by atoms with van der Waals surface area (Å²) in [4.78, 5) is 23.0. The van der Waals surface area contributed by atoms with Crippen LogP contribution in [-0.2, 0) is 4.79 Å². The minimum Gasteiger partial charge on any atom is -0.479 e. The SMILES string of the molecule is CCN(CCC#N)C(=O)NC[C@H](O)C(=O)O. The highest BCUT2D eigenvalue weighted by Gasteiger charge is 2.16. The van der Waals surface area contributed by atoms with Crippen LogP contribution in [0.15, 0.2) is 0 Å². The fraction of sp³-hybridized carbons (Fsp3) is 0.667. The van der Waals surface area contributed by atoms with Crippen molar-refractivity contribution in [1.29, 1.82) is 5.26 Å². The molecule has 0 saturated carbocycles.